The van der Waals surface area contributed by atoms with E-state index >= 15 is 0 Å². The average Bonchev–Trinajstić information content (AvgIpc) is 3.22. The van der Waals surface area contributed by atoms with Crippen LogP contribution in [0.3, 0.4) is 0 Å². The second-order valence-electron chi connectivity index (χ2n) is 6.53. The number of halogens is 3. The average molecular weight is 403 g/mol. The fourth-order valence-electron chi connectivity index (χ4n) is 3.20. The maximum Gasteiger partial charge on any atom is 0.147 e. The molecule has 1 aliphatic heterocycles. The second-order valence-corrected chi connectivity index (χ2v) is 6.94. The van der Waals surface area contributed by atoms with Gasteiger partial charge in [-0.05, 0) is 24.6 Å². The van der Waals surface area contributed by atoms with E-state index in [0.717, 1.165) is 12.5 Å². The highest BCUT2D eigenvalue weighted by Crippen LogP contribution is 2.35. The highest BCUT2D eigenvalue weighted by Gasteiger charge is 2.24. The maximum atomic E-state index is 14.5. The topological polar surface area (TPSA) is 51.1 Å². The third-order valence-corrected chi connectivity index (χ3v) is 5.09. The van der Waals surface area contributed by atoms with Gasteiger partial charge in [-0.1, -0.05) is 11.6 Å². The van der Waals surface area contributed by atoms with Crippen LogP contribution in [0.15, 0.2) is 42.9 Å². The van der Waals surface area contributed by atoms with Crippen molar-refractivity contribution in [2.24, 2.45) is 0 Å². The van der Waals surface area contributed by atoms with Crippen LogP contribution in [0.1, 0.15) is 6.42 Å². The summed E-state index contributed by atoms with van der Waals surface area (Å²) in [5.41, 5.74) is 1.41. The first-order valence-electron chi connectivity index (χ1n) is 8.77. The minimum absolute atomic E-state index is 0.148. The number of benzene rings is 1. The van der Waals surface area contributed by atoms with Crippen molar-refractivity contribution >= 4 is 17.4 Å². The Bertz CT molecular complexity index is 1010. The van der Waals surface area contributed by atoms with Crippen LogP contribution in [0, 0.1) is 11.6 Å². The van der Waals surface area contributed by atoms with Gasteiger partial charge in [0.2, 0.25) is 0 Å². The van der Waals surface area contributed by atoms with Crippen molar-refractivity contribution < 1.29 is 13.5 Å². The van der Waals surface area contributed by atoms with E-state index in [1.807, 2.05) is 11.9 Å². The zero-order valence-electron chi connectivity index (χ0n) is 15.1. The van der Waals surface area contributed by atoms with Gasteiger partial charge in [-0.15, -0.1) is 0 Å². The van der Waals surface area contributed by atoms with Crippen LogP contribution in [0.4, 0.5) is 14.6 Å². The maximum absolute atomic E-state index is 14.5. The quantitative estimate of drug-likeness (QED) is 0.649. The van der Waals surface area contributed by atoms with Crippen molar-refractivity contribution in [1.29, 1.82) is 0 Å². The van der Waals surface area contributed by atoms with Crippen LogP contribution in [-0.2, 0) is 4.74 Å². The molecule has 144 valence electrons. The number of nitrogens with zero attached hydrogens (tertiary/aromatic N) is 4. The van der Waals surface area contributed by atoms with E-state index in [4.69, 9.17) is 21.3 Å². The van der Waals surface area contributed by atoms with E-state index in [0.29, 0.717) is 35.3 Å². The molecule has 5 nitrogen and oxygen atoms in total. The smallest absolute Gasteiger partial charge is 0.147 e. The van der Waals surface area contributed by atoms with E-state index in [1.165, 1.54) is 18.3 Å². The molecule has 1 unspecified atom stereocenters. The Hall–Kier alpha value is -2.64. The lowest BCUT2D eigenvalue weighted by Gasteiger charge is -2.25. The molecule has 1 fully saturated rings. The summed E-state index contributed by atoms with van der Waals surface area (Å²) >= 11 is 6.32. The molecular weight excluding hydrogens is 386 g/mol. The Morgan fingerprint density at radius 2 is 2.00 bits per heavy atom. The highest BCUT2D eigenvalue weighted by atomic mass is 35.5. The first-order valence-corrected chi connectivity index (χ1v) is 9.15. The van der Waals surface area contributed by atoms with E-state index in [9.17, 15) is 8.78 Å². The highest BCUT2D eigenvalue weighted by molar-refractivity contribution is 6.33. The first kappa shape index (κ1) is 18.7. The number of rotatable bonds is 4. The van der Waals surface area contributed by atoms with Crippen molar-refractivity contribution in [3.05, 3.63) is 59.5 Å². The summed E-state index contributed by atoms with van der Waals surface area (Å²) in [6.45, 7) is 1.31. The summed E-state index contributed by atoms with van der Waals surface area (Å²) in [4.78, 5) is 15.2. The molecule has 28 heavy (non-hydrogen) atoms. The van der Waals surface area contributed by atoms with Crippen molar-refractivity contribution in [2.45, 2.75) is 12.5 Å². The largest absolute Gasteiger partial charge is 0.379 e. The van der Waals surface area contributed by atoms with Gasteiger partial charge in [-0.2, -0.15) is 0 Å². The number of pyridine rings is 1. The van der Waals surface area contributed by atoms with Gasteiger partial charge in [0.25, 0.3) is 0 Å². The predicted octanol–water partition coefficient (Wildman–Crippen LogP) is 4.36. The minimum Gasteiger partial charge on any atom is -0.379 e. The molecule has 0 bridgehead atoms. The van der Waals surface area contributed by atoms with Gasteiger partial charge < -0.3 is 9.64 Å². The lowest BCUT2D eigenvalue weighted by atomic mass is 10.0. The van der Waals surface area contributed by atoms with Crippen LogP contribution in [0.25, 0.3) is 22.5 Å². The Morgan fingerprint density at radius 3 is 2.71 bits per heavy atom. The van der Waals surface area contributed by atoms with Gasteiger partial charge in [0, 0.05) is 43.2 Å². The Balaban J connectivity index is 1.87. The summed E-state index contributed by atoms with van der Waals surface area (Å²) in [6.07, 6.45) is 5.53. The summed E-state index contributed by atoms with van der Waals surface area (Å²) in [7, 11) is 1.92. The van der Waals surface area contributed by atoms with Crippen LogP contribution in [-0.4, -0.2) is 41.3 Å². The molecule has 0 aliphatic carbocycles. The zero-order chi connectivity index (χ0) is 19.7. The lowest BCUT2D eigenvalue weighted by molar-refractivity contribution is 0.193. The van der Waals surface area contributed by atoms with Crippen molar-refractivity contribution in [3.63, 3.8) is 0 Å². The molecule has 0 radical (unpaired) electrons. The molecule has 3 heterocycles. The molecule has 1 saturated heterocycles. The molecule has 1 atom stereocenters. The van der Waals surface area contributed by atoms with Gasteiger partial charge in [-0.25, -0.2) is 18.7 Å². The van der Waals surface area contributed by atoms with Crippen molar-refractivity contribution in [3.8, 4) is 22.5 Å². The van der Waals surface area contributed by atoms with E-state index in [1.54, 1.807) is 18.5 Å². The number of ether oxygens (including phenoxy) is 1. The number of likely N-dealkylation sites (N-methyl/N-ethyl adjacent to an activating group) is 1. The van der Waals surface area contributed by atoms with E-state index < -0.39 is 11.6 Å². The first-order chi connectivity index (χ1) is 13.5. The SMILES string of the molecule is CN(c1cnc(-c2ccc(F)cc2F)c(-c2ccncc2Cl)n1)C1CCOC1. The van der Waals surface area contributed by atoms with Crippen LogP contribution in [0.2, 0.25) is 5.02 Å². The van der Waals surface area contributed by atoms with E-state index in [-0.39, 0.29) is 17.3 Å². The standard InChI is InChI=1S/C20H17ClF2N4O/c1-27(13-5-7-28-11-13)18-10-25-19(15-3-2-12(22)8-17(15)23)20(26-18)14-4-6-24-9-16(14)21/h2-4,6,8-10,13H,5,7,11H2,1H3. The third-order valence-electron chi connectivity index (χ3n) is 4.79. The van der Waals surface area contributed by atoms with Gasteiger partial charge in [0.05, 0.1) is 29.6 Å². The molecule has 8 heteroatoms. The third kappa shape index (κ3) is 3.55. The summed E-state index contributed by atoms with van der Waals surface area (Å²) < 4.78 is 33.3. The Kier molecular flexibility index (Phi) is 5.19. The zero-order valence-corrected chi connectivity index (χ0v) is 15.8. The monoisotopic (exact) mass is 402 g/mol. The van der Waals surface area contributed by atoms with Crippen molar-refractivity contribution in [2.75, 3.05) is 25.2 Å². The number of anilines is 1. The fraction of sp³-hybridized carbons (Fsp3) is 0.250. The van der Waals surface area contributed by atoms with Crippen LogP contribution < -0.4 is 4.90 Å². The predicted molar refractivity (Wildman–Crippen MR) is 103 cm³/mol. The molecule has 0 N–H and O–H groups in total. The van der Waals surface area contributed by atoms with Crippen LogP contribution >= 0.6 is 11.6 Å². The molecule has 1 aliphatic rings. The van der Waals surface area contributed by atoms with Crippen LogP contribution in [0.5, 0.6) is 0 Å². The molecule has 0 saturated carbocycles. The van der Waals surface area contributed by atoms with Gasteiger partial charge in [0.1, 0.15) is 23.1 Å². The Morgan fingerprint density at radius 1 is 1.14 bits per heavy atom. The van der Waals surface area contributed by atoms with Crippen molar-refractivity contribution in [1.82, 2.24) is 15.0 Å². The molecule has 1 aromatic carbocycles. The van der Waals surface area contributed by atoms with Gasteiger partial charge in [-0.3, -0.25) is 4.98 Å². The second kappa shape index (κ2) is 7.77. The minimum atomic E-state index is -0.717. The molecule has 0 amide bonds. The molecule has 2 aromatic heterocycles. The summed E-state index contributed by atoms with van der Waals surface area (Å²) in [6, 6.07) is 5.24. The summed E-state index contributed by atoms with van der Waals surface area (Å²) in [5.74, 6) is -0.758. The van der Waals surface area contributed by atoms with Gasteiger partial charge in [0.15, 0.2) is 0 Å². The van der Waals surface area contributed by atoms with Gasteiger partial charge >= 0.3 is 0 Å². The number of hydrogen-bond donors (Lipinski definition) is 0. The Labute approximate surface area is 166 Å². The molecule has 3 aromatic rings. The molecular formula is C20H17ClF2N4O. The fourth-order valence-corrected chi connectivity index (χ4v) is 3.41. The van der Waals surface area contributed by atoms with E-state index in [2.05, 4.69) is 9.97 Å². The summed E-state index contributed by atoms with van der Waals surface area (Å²) in [5, 5.41) is 0.365. The molecule has 4 rings (SSSR count). The number of aromatic nitrogens is 3. The molecule has 0 spiro atoms. The number of hydrogen-bond acceptors (Lipinski definition) is 5. The normalized spacial score (nSPS) is 16.4. The lowest BCUT2D eigenvalue weighted by Crippen LogP contribution is -2.32.